The second-order valence-electron chi connectivity index (χ2n) is 3.20. The largest absolute Gasteiger partial charge is 0.417 e. The van der Waals surface area contributed by atoms with E-state index in [4.69, 9.17) is 10.2 Å². The van der Waals surface area contributed by atoms with Gasteiger partial charge in [-0.25, -0.2) is 0 Å². The van der Waals surface area contributed by atoms with Gasteiger partial charge < -0.3 is 15.5 Å². The fourth-order valence-electron chi connectivity index (χ4n) is 1.14. The lowest BCUT2D eigenvalue weighted by atomic mass is 10.3. The molecule has 0 saturated carbocycles. The maximum Gasteiger partial charge on any atom is 0.313 e. The fraction of sp³-hybridized carbons (Fsp3) is 0.100. The summed E-state index contributed by atoms with van der Waals surface area (Å²) < 4.78 is 4.98. The molecule has 0 aliphatic carbocycles. The summed E-state index contributed by atoms with van der Waals surface area (Å²) in [7, 11) is 0. The summed E-state index contributed by atoms with van der Waals surface area (Å²) in [6.45, 7) is 1.62. The van der Waals surface area contributed by atoms with Crippen LogP contribution in [0.4, 0.5) is 11.4 Å². The van der Waals surface area contributed by atoms with E-state index in [1.807, 2.05) is 0 Å². The maximum absolute atomic E-state index is 11.6. The van der Waals surface area contributed by atoms with Crippen LogP contribution in [0.3, 0.4) is 0 Å². The molecule has 6 heteroatoms. The number of hydrogen-bond acceptors (Lipinski definition) is 5. The van der Waals surface area contributed by atoms with E-state index in [1.54, 1.807) is 31.2 Å². The van der Waals surface area contributed by atoms with E-state index >= 15 is 0 Å². The fourth-order valence-corrected chi connectivity index (χ4v) is 1.14. The molecule has 0 aliphatic rings. The van der Waals surface area contributed by atoms with Gasteiger partial charge in [-0.3, -0.25) is 4.79 Å². The van der Waals surface area contributed by atoms with Gasteiger partial charge in [0.25, 0.3) is 0 Å². The number of carbonyl (C=O) groups is 1. The van der Waals surface area contributed by atoms with Gasteiger partial charge in [-0.15, -0.1) is 10.2 Å². The van der Waals surface area contributed by atoms with Crippen molar-refractivity contribution < 1.29 is 9.21 Å². The Hall–Kier alpha value is -2.37. The lowest BCUT2D eigenvalue weighted by Crippen LogP contribution is -2.12. The number of nitrogens with zero attached hydrogens (tertiary/aromatic N) is 2. The topological polar surface area (TPSA) is 94.0 Å². The third-order valence-corrected chi connectivity index (χ3v) is 1.89. The van der Waals surface area contributed by atoms with Crippen molar-refractivity contribution in [3.8, 4) is 0 Å². The van der Waals surface area contributed by atoms with Gasteiger partial charge >= 0.3 is 11.8 Å². The molecule has 3 N–H and O–H groups in total. The van der Waals surface area contributed by atoms with Gasteiger partial charge in [0, 0.05) is 18.3 Å². The number of nitrogens with two attached hydrogens (primary N) is 1. The van der Waals surface area contributed by atoms with E-state index in [0.29, 0.717) is 17.3 Å². The lowest BCUT2D eigenvalue weighted by molar-refractivity contribution is 0.0989. The molecule has 0 unspecified atom stereocenters. The Morgan fingerprint density at radius 2 is 2.00 bits per heavy atom. The molecule has 0 spiro atoms. The van der Waals surface area contributed by atoms with E-state index < -0.39 is 5.91 Å². The third kappa shape index (κ3) is 2.17. The van der Waals surface area contributed by atoms with E-state index in [9.17, 15) is 4.79 Å². The van der Waals surface area contributed by atoms with Gasteiger partial charge in [0.2, 0.25) is 5.89 Å². The van der Waals surface area contributed by atoms with Crippen LogP contribution in [0.2, 0.25) is 0 Å². The van der Waals surface area contributed by atoms with Crippen molar-refractivity contribution in [2.45, 2.75) is 6.92 Å². The third-order valence-electron chi connectivity index (χ3n) is 1.89. The van der Waals surface area contributed by atoms with Crippen LogP contribution < -0.4 is 11.1 Å². The van der Waals surface area contributed by atoms with E-state index in [-0.39, 0.29) is 5.89 Å². The number of anilines is 2. The quantitative estimate of drug-likeness (QED) is 0.739. The molecule has 0 saturated heterocycles. The van der Waals surface area contributed by atoms with Gasteiger partial charge in [0.1, 0.15) is 0 Å². The molecule has 1 aromatic carbocycles. The molecule has 0 bridgehead atoms. The Morgan fingerprint density at radius 1 is 1.31 bits per heavy atom. The van der Waals surface area contributed by atoms with Crippen molar-refractivity contribution in [1.29, 1.82) is 0 Å². The number of nitrogens with one attached hydrogen (secondary N) is 1. The summed E-state index contributed by atoms with van der Waals surface area (Å²) >= 11 is 0. The van der Waals surface area contributed by atoms with E-state index in [1.165, 1.54) is 0 Å². The Bertz CT molecular complexity index is 504. The molecule has 1 heterocycles. The SMILES string of the molecule is Cc1nnc(C(=O)Nc2ccc(N)cc2)o1. The first-order valence-corrected chi connectivity index (χ1v) is 4.62. The summed E-state index contributed by atoms with van der Waals surface area (Å²) in [5.41, 5.74) is 6.77. The molecule has 0 aliphatic heterocycles. The summed E-state index contributed by atoms with van der Waals surface area (Å²) in [5, 5.41) is 9.78. The van der Waals surface area contributed by atoms with Crippen molar-refractivity contribution in [1.82, 2.24) is 10.2 Å². The molecule has 0 radical (unpaired) electrons. The van der Waals surface area contributed by atoms with Crippen molar-refractivity contribution in [2.75, 3.05) is 11.1 Å². The van der Waals surface area contributed by atoms with Crippen LogP contribution in [0.15, 0.2) is 28.7 Å². The molecule has 16 heavy (non-hydrogen) atoms. The molecule has 82 valence electrons. The Morgan fingerprint density at radius 3 is 2.56 bits per heavy atom. The maximum atomic E-state index is 11.6. The first kappa shape index (κ1) is 10.2. The highest BCUT2D eigenvalue weighted by atomic mass is 16.4. The van der Waals surface area contributed by atoms with Crippen LogP contribution in [0.5, 0.6) is 0 Å². The highest BCUT2D eigenvalue weighted by Gasteiger charge is 2.12. The lowest BCUT2D eigenvalue weighted by Gasteiger charge is -2.01. The number of amides is 1. The predicted octanol–water partition coefficient (Wildman–Crippen LogP) is 1.21. The summed E-state index contributed by atoms with van der Waals surface area (Å²) in [6.07, 6.45) is 0. The van der Waals surface area contributed by atoms with Crippen LogP contribution in [0.1, 0.15) is 16.6 Å². The van der Waals surface area contributed by atoms with Crippen molar-refractivity contribution in [2.24, 2.45) is 0 Å². The number of aryl methyl sites for hydroxylation is 1. The van der Waals surface area contributed by atoms with Gasteiger partial charge in [0.15, 0.2) is 0 Å². The van der Waals surface area contributed by atoms with Crippen molar-refractivity contribution >= 4 is 17.3 Å². The minimum Gasteiger partial charge on any atom is -0.417 e. The van der Waals surface area contributed by atoms with E-state index in [0.717, 1.165) is 0 Å². The molecule has 1 aromatic heterocycles. The first-order valence-electron chi connectivity index (χ1n) is 4.62. The zero-order valence-corrected chi connectivity index (χ0v) is 8.60. The standard InChI is InChI=1S/C10H10N4O2/c1-6-13-14-10(16-6)9(15)12-8-4-2-7(11)3-5-8/h2-5H,11H2,1H3,(H,12,15). The smallest absolute Gasteiger partial charge is 0.313 e. The van der Waals surface area contributed by atoms with Gasteiger partial charge in [-0.05, 0) is 24.3 Å². The average Bonchev–Trinajstić information content (AvgIpc) is 2.68. The van der Waals surface area contributed by atoms with Gasteiger partial charge in [-0.1, -0.05) is 0 Å². The molecule has 0 fully saturated rings. The van der Waals surface area contributed by atoms with Gasteiger partial charge in [-0.2, -0.15) is 0 Å². The minimum atomic E-state index is -0.439. The summed E-state index contributed by atoms with van der Waals surface area (Å²) in [6, 6.07) is 6.76. The van der Waals surface area contributed by atoms with Crippen molar-refractivity contribution in [3.63, 3.8) is 0 Å². The van der Waals surface area contributed by atoms with Crippen LogP contribution in [-0.2, 0) is 0 Å². The second kappa shape index (κ2) is 4.01. The van der Waals surface area contributed by atoms with Crippen LogP contribution in [0.25, 0.3) is 0 Å². The number of carbonyl (C=O) groups excluding carboxylic acids is 1. The Kier molecular flexibility index (Phi) is 2.55. The molecule has 1 amide bonds. The number of nitrogen functional groups attached to an aromatic ring is 1. The highest BCUT2D eigenvalue weighted by molar-refractivity contribution is 6.00. The van der Waals surface area contributed by atoms with Crippen LogP contribution in [0, 0.1) is 6.92 Å². The molecule has 2 aromatic rings. The molecule has 6 nitrogen and oxygen atoms in total. The monoisotopic (exact) mass is 218 g/mol. The zero-order chi connectivity index (χ0) is 11.5. The predicted molar refractivity (Wildman–Crippen MR) is 57.8 cm³/mol. The van der Waals surface area contributed by atoms with E-state index in [2.05, 4.69) is 15.5 Å². The average molecular weight is 218 g/mol. The number of aromatic nitrogens is 2. The second-order valence-corrected chi connectivity index (χ2v) is 3.20. The van der Waals surface area contributed by atoms with Crippen molar-refractivity contribution in [3.05, 3.63) is 36.0 Å². The Labute approximate surface area is 91.5 Å². The highest BCUT2D eigenvalue weighted by Crippen LogP contribution is 2.11. The molecular formula is C10H10N4O2. The zero-order valence-electron chi connectivity index (χ0n) is 8.60. The van der Waals surface area contributed by atoms with Gasteiger partial charge in [0.05, 0.1) is 0 Å². The Balaban J connectivity index is 2.10. The number of rotatable bonds is 2. The number of benzene rings is 1. The summed E-state index contributed by atoms with van der Waals surface area (Å²) in [4.78, 5) is 11.6. The normalized spacial score (nSPS) is 10.1. The molecule has 0 atom stereocenters. The van der Waals surface area contributed by atoms with Crippen LogP contribution >= 0.6 is 0 Å². The number of hydrogen-bond donors (Lipinski definition) is 2. The molecule has 2 rings (SSSR count). The first-order chi connectivity index (χ1) is 7.65. The molecular weight excluding hydrogens is 208 g/mol. The van der Waals surface area contributed by atoms with Crippen LogP contribution in [-0.4, -0.2) is 16.1 Å². The summed E-state index contributed by atoms with van der Waals surface area (Å²) in [5.74, 6) is -0.151. The minimum absolute atomic E-state index is 0.0608.